The van der Waals surface area contributed by atoms with Crippen molar-refractivity contribution in [1.82, 2.24) is 10.6 Å². The predicted octanol–water partition coefficient (Wildman–Crippen LogP) is 4.17. The fourth-order valence-corrected chi connectivity index (χ4v) is 6.47. The fourth-order valence-electron chi connectivity index (χ4n) is 5.12. The van der Waals surface area contributed by atoms with Gasteiger partial charge in [-0.25, -0.2) is 0 Å². The minimum Gasteiger partial charge on any atom is -0.390 e. The van der Waals surface area contributed by atoms with Crippen LogP contribution in [-0.2, 0) is 24.1 Å². The van der Waals surface area contributed by atoms with Crippen molar-refractivity contribution in [3.05, 3.63) is 57.3 Å². The molecule has 30 heavy (non-hydrogen) atoms. The standard InChI is InChI=1S/C25H34N2O2S/c1-3-19-13-20-22(14-25(10-7-11-25)15-24(20)30-19)26-16-23(29)21(27-17(2)28)12-18-8-5-4-6-9-18/h4-6,8-9,13,21-23,26,29H,3,7,10-12,14-16H2,1-2H3,(H,27,28)/t21-,22-,23+/m0/s1. The summed E-state index contributed by atoms with van der Waals surface area (Å²) < 4.78 is 0. The number of benzene rings is 1. The summed E-state index contributed by atoms with van der Waals surface area (Å²) in [6.45, 7) is 4.23. The van der Waals surface area contributed by atoms with E-state index in [4.69, 9.17) is 0 Å². The molecule has 1 saturated carbocycles. The second kappa shape index (κ2) is 9.21. The molecule has 0 radical (unpaired) electrons. The van der Waals surface area contributed by atoms with Crippen molar-refractivity contribution in [3.63, 3.8) is 0 Å². The molecular formula is C25H34N2O2S. The van der Waals surface area contributed by atoms with Gasteiger partial charge in [0, 0.05) is 29.3 Å². The lowest BCUT2D eigenvalue weighted by atomic mass is 9.60. The van der Waals surface area contributed by atoms with Gasteiger partial charge in [0.2, 0.25) is 5.91 Å². The number of carbonyl (C=O) groups excluding carboxylic acids is 1. The van der Waals surface area contributed by atoms with Gasteiger partial charge in [-0.3, -0.25) is 4.79 Å². The second-order valence-corrected chi connectivity index (χ2v) is 10.4. The van der Waals surface area contributed by atoms with Gasteiger partial charge in [-0.05, 0) is 61.1 Å². The summed E-state index contributed by atoms with van der Waals surface area (Å²) in [5, 5.41) is 17.6. The first-order chi connectivity index (χ1) is 14.5. The van der Waals surface area contributed by atoms with E-state index >= 15 is 0 Å². The molecule has 0 unspecified atom stereocenters. The molecule has 4 nitrogen and oxygen atoms in total. The molecule has 2 aromatic rings. The molecule has 2 aliphatic carbocycles. The van der Waals surface area contributed by atoms with Gasteiger partial charge in [-0.2, -0.15) is 0 Å². The zero-order valence-corrected chi connectivity index (χ0v) is 18.9. The van der Waals surface area contributed by atoms with E-state index in [0.29, 0.717) is 24.4 Å². The number of amides is 1. The summed E-state index contributed by atoms with van der Waals surface area (Å²) >= 11 is 1.98. The van der Waals surface area contributed by atoms with E-state index < -0.39 is 6.10 Å². The van der Waals surface area contributed by atoms with Gasteiger partial charge in [-0.1, -0.05) is 43.7 Å². The van der Waals surface area contributed by atoms with Crippen molar-refractivity contribution in [1.29, 1.82) is 0 Å². The van der Waals surface area contributed by atoms with Gasteiger partial charge in [-0.15, -0.1) is 11.3 Å². The van der Waals surface area contributed by atoms with Crippen molar-refractivity contribution in [2.45, 2.75) is 77.0 Å². The smallest absolute Gasteiger partial charge is 0.217 e. The van der Waals surface area contributed by atoms with Crippen LogP contribution >= 0.6 is 11.3 Å². The summed E-state index contributed by atoms with van der Waals surface area (Å²) in [6.07, 6.45) is 7.47. The van der Waals surface area contributed by atoms with Crippen LogP contribution in [0.4, 0.5) is 0 Å². The van der Waals surface area contributed by atoms with Crippen LogP contribution in [-0.4, -0.2) is 29.7 Å². The van der Waals surface area contributed by atoms with Gasteiger partial charge in [0.25, 0.3) is 0 Å². The highest BCUT2D eigenvalue weighted by Crippen LogP contribution is 2.54. The second-order valence-electron chi connectivity index (χ2n) is 9.20. The van der Waals surface area contributed by atoms with Crippen molar-refractivity contribution < 1.29 is 9.90 Å². The molecule has 1 amide bonds. The van der Waals surface area contributed by atoms with Crippen molar-refractivity contribution in [3.8, 4) is 0 Å². The third-order valence-electron chi connectivity index (χ3n) is 6.93. The maximum atomic E-state index is 11.7. The summed E-state index contributed by atoms with van der Waals surface area (Å²) in [6, 6.07) is 12.4. The summed E-state index contributed by atoms with van der Waals surface area (Å²) in [7, 11) is 0. The van der Waals surface area contributed by atoms with Crippen molar-refractivity contribution >= 4 is 17.2 Å². The Morgan fingerprint density at radius 3 is 2.70 bits per heavy atom. The van der Waals surface area contributed by atoms with Crippen molar-refractivity contribution in [2.24, 2.45) is 5.41 Å². The van der Waals surface area contributed by atoms with Crippen LogP contribution in [0.2, 0.25) is 0 Å². The lowest BCUT2D eigenvalue weighted by Crippen LogP contribution is -2.49. The molecule has 162 valence electrons. The number of hydrogen-bond donors (Lipinski definition) is 3. The molecule has 1 fully saturated rings. The lowest BCUT2D eigenvalue weighted by Gasteiger charge is -2.47. The van der Waals surface area contributed by atoms with Gasteiger partial charge in [0.1, 0.15) is 0 Å². The monoisotopic (exact) mass is 426 g/mol. The minimum atomic E-state index is -0.638. The molecule has 3 N–H and O–H groups in total. The highest BCUT2D eigenvalue weighted by atomic mass is 32.1. The Labute approximate surface area is 184 Å². The topological polar surface area (TPSA) is 61.4 Å². The van der Waals surface area contributed by atoms with Crippen LogP contribution in [0.15, 0.2) is 36.4 Å². The number of carbonyl (C=O) groups is 1. The van der Waals surface area contributed by atoms with Crippen LogP contribution in [0.25, 0.3) is 0 Å². The average molecular weight is 427 g/mol. The van der Waals surface area contributed by atoms with Gasteiger partial charge in [0.05, 0.1) is 12.1 Å². The lowest BCUT2D eigenvalue weighted by molar-refractivity contribution is -0.120. The number of thiophene rings is 1. The average Bonchev–Trinajstić information content (AvgIpc) is 3.13. The molecule has 4 rings (SSSR count). The zero-order valence-electron chi connectivity index (χ0n) is 18.1. The Bertz CT molecular complexity index is 859. The quantitative estimate of drug-likeness (QED) is 0.594. The first-order valence-corrected chi connectivity index (χ1v) is 12.1. The van der Waals surface area contributed by atoms with Crippen LogP contribution in [0, 0.1) is 5.41 Å². The summed E-state index contributed by atoms with van der Waals surface area (Å²) in [5.41, 5.74) is 3.03. The van der Waals surface area contributed by atoms with E-state index in [-0.39, 0.29) is 11.9 Å². The van der Waals surface area contributed by atoms with Gasteiger partial charge in [0.15, 0.2) is 0 Å². The number of aryl methyl sites for hydroxylation is 1. The third kappa shape index (κ3) is 4.79. The van der Waals surface area contributed by atoms with Crippen LogP contribution in [0.1, 0.15) is 66.5 Å². The van der Waals surface area contributed by atoms with Crippen molar-refractivity contribution in [2.75, 3.05) is 6.54 Å². The highest BCUT2D eigenvalue weighted by Gasteiger charge is 2.44. The fraction of sp³-hybridized carbons (Fsp3) is 0.560. The number of nitrogens with one attached hydrogen (secondary N) is 2. The highest BCUT2D eigenvalue weighted by molar-refractivity contribution is 7.12. The van der Waals surface area contributed by atoms with Gasteiger partial charge >= 0.3 is 0 Å². The first kappa shape index (κ1) is 21.5. The van der Waals surface area contributed by atoms with E-state index in [2.05, 4.69) is 23.6 Å². The Kier molecular flexibility index (Phi) is 6.61. The predicted molar refractivity (Wildman–Crippen MR) is 123 cm³/mol. The van der Waals surface area contributed by atoms with Crippen LogP contribution in [0.5, 0.6) is 0 Å². The number of hydrogen-bond acceptors (Lipinski definition) is 4. The molecule has 0 saturated heterocycles. The molecular weight excluding hydrogens is 392 g/mol. The number of aliphatic hydroxyl groups excluding tert-OH is 1. The van der Waals surface area contributed by atoms with Crippen LogP contribution in [0.3, 0.4) is 0 Å². The molecule has 1 aromatic carbocycles. The Balaban J connectivity index is 1.45. The Hall–Kier alpha value is -1.69. The molecule has 1 aromatic heterocycles. The van der Waals surface area contributed by atoms with Crippen LogP contribution < -0.4 is 10.6 Å². The SMILES string of the molecule is CCc1cc2c(s1)CC1(CCC1)C[C@@H]2NC[C@@H](O)[C@H](Cc1ccccc1)NC(C)=O. The molecule has 0 bridgehead atoms. The van der Waals surface area contributed by atoms with E-state index in [1.54, 1.807) is 4.88 Å². The molecule has 2 aliphatic rings. The molecule has 5 heteroatoms. The van der Waals surface area contributed by atoms with E-state index in [0.717, 1.165) is 18.4 Å². The Morgan fingerprint density at radius 2 is 2.07 bits per heavy atom. The summed E-state index contributed by atoms with van der Waals surface area (Å²) in [4.78, 5) is 14.8. The molecule has 1 spiro atoms. The Morgan fingerprint density at radius 1 is 1.30 bits per heavy atom. The van der Waals surface area contributed by atoms with E-state index in [9.17, 15) is 9.90 Å². The van der Waals surface area contributed by atoms with E-state index in [1.807, 2.05) is 41.7 Å². The minimum absolute atomic E-state index is 0.103. The number of fused-ring (bicyclic) bond motifs is 1. The molecule has 0 aliphatic heterocycles. The normalized spacial score (nSPS) is 21.5. The summed E-state index contributed by atoms with van der Waals surface area (Å²) in [5.74, 6) is -0.103. The molecule has 3 atom stereocenters. The third-order valence-corrected chi connectivity index (χ3v) is 8.22. The van der Waals surface area contributed by atoms with E-state index in [1.165, 1.54) is 43.0 Å². The first-order valence-electron chi connectivity index (χ1n) is 11.3. The largest absolute Gasteiger partial charge is 0.390 e. The van der Waals surface area contributed by atoms with Gasteiger partial charge < -0.3 is 15.7 Å². The molecule has 1 heterocycles. The number of aliphatic hydroxyl groups is 1. The number of rotatable bonds is 8. The maximum Gasteiger partial charge on any atom is 0.217 e. The maximum absolute atomic E-state index is 11.7. The zero-order chi connectivity index (χ0) is 21.1.